The molecule has 2 rings (SSSR count). The zero-order valence-corrected chi connectivity index (χ0v) is 8.93. The van der Waals surface area contributed by atoms with Crippen molar-refractivity contribution in [3.8, 4) is 11.5 Å². The Morgan fingerprint density at radius 2 is 2.19 bits per heavy atom. The molecule has 0 atom stereocenters. The highest BCUT2D eigenvalue weighted by Crippen LogP contribution is 2.34. The van der Waals surface area contributed by atoms with Crippen LogP contribution in [-0.4, -0.2) is 26.3 Å². The fourth-order valence-electron chi connectivity index (χ4n) is 1.45. The summed E-state index contributed by atoms with van der Waals surface area (Å²) < 4.78 is 15.4. The molecule has 0 bridgehead atoms. The van der Waals surface area contributed by atoms with Gasteiger partial charge in [-0.3, -0.25) is 0 Å². The Kier molecular flexibility index (Phi) is 3.10. The molecular formula is C12H12O4. The standard InChI is InChI=1S/C12H12O4/c1-14-11(13)6-5-9-3-2-4-10-12(9)16-8-7-15-10/h2-6H,7-8H2,1H3. The fourth-order valence-corrected chi connectivity index (χ4v) is 1.45. The molecule has 0 radical (unpaired) electrons. The molecule has 0 saturated carbocycles. The van der Waals surface area contributed by atoms with Gasteiger partial charge in [-0.25, -0.2) is 4.79 Å². The second-order valence-electron chi connectivity index (χ2n) is 3.23. The molecule has 1 aromatic rings. The van der Waals surface area contributed by atoms with E-state index in [1.165, 1.54) is 13.2 Å². The zero-order chi connectivity index (χ0) is 11.4. The highest BCUT2D eigenvalue weighted by molar-refractivity contribution is 5.87. The number of benzene rings is 1. The van der Waals surface area contributed by atoms with Gasteiger partial charge in [0.1, 0.15) is 13.2 Å². The summed E-state index contributed by atoms with van der Waals surface area (Å²) in [4.78, 5) is 11.0. The smallest absolute Gasteiger partial charge is 0.330 e. The van der Waals surface area contributed by atoms with Crippen molar-refractivity contribution >= 4 is 12.0 Å². The van der Waals surface area contributed by atoms with Crippen LogP contribution in [0.1, 0.15) is 5.56 Å². The van der Waals surface area contributed by atoms with E-state index in [4.69, 9.17) is 9.47 Å². The van der Waals surface area contributed by atoms with E-state index in [-0.39, 0.29) is 0 Å². The van der Waals surface area contributed by atoms with Gasteiger partial charge in [-0.05, 0) is 12.1 Å². The third-order valence-electron chi connectivity index (χ3n) is 2.20. The van der Waals surface area contributed by atoms with Crippen molar-refractivity contribution in [3.63, 3.8) is 0 Å². The minimum absolute atomic E-state index is 0.394. The van der Waals surface area contributed by atoms with Gasteiger partial charge in [0.2, 0.25) is 0 Å². The Bertz CT molecular complexity index is 423. The molecule has 1 aliphatic heterocycles. The number of hydrogen-bond acceptors (Lipinski definition) is 4. The lowest BCUT2D eigenvalue weighted by Crippen LogP contribution is -2.15. The molecule has 1 heterocycles. The van der Waals surface area contributed by atoms with E-state index >= 15 is 0 Å². The lowest BCUT2D eigenvalue weighted by Gasteiger charge is -2.19. The summed E-state index contributed by atoms with van der Waals surface area (Å²) in [6, 6.07) is 5.54. The van der Waals surface area contributed by atoms with Gasteiger partial charge in [0.05, 0.1) is 7.11 Å². The topological polar surface area (TPSA) is 44.8 Å². The van der Waals surface area contributed by atoms with Crippen LogP contribution >= 0.6 is 0 Å². The van der Waals surface area contributed by atoms with E-state index in [1.807, 2.05) is 18.2 Å². The molecule has 0 N–H and O–H groups in total. The molecule has 0 aliphatic carbocycles. The summed E-state index contributed by atoms with van der Waals surface area (Å²) in [6.07, 6.45) is 3.01. The number of carbonyl (C=O) groups excluding carboxylic acids is 1. The molecule has 84 valence electrons. The summed E-state index contributed by atoms with van der Waals surface area (Å²) in [7, 11) is 1.34. The van der Waals surface area contributed by atoms with Crippen molar-refractivity contribution in [2.24, 2.45) is 0 Å². The summed E-state index contributed by atoms with van der Waals surface area (Å²) >= 11 is 0. The maximum absolute atomic E-state index is 11.0. The van der Waals surface area contributed by atoms with Crippen LogP contribution in [0, 0.1) is 0 Å². The summed E-state index contributed by atoms with van der Waals surface area (Å²) in [5, 5.41) is 0. The van der Waals surface area contributed by atoms with Gasteiger partial charge in [-0.2, -0.15) is 0 Å². The molecule has 0 saturated heterocycles. The van der Waals surface area contributed by atoms with Gasteiger partial charge in [-0.15, -0.1) is 0 Å². The highest BCUT2D eigenvalue weighted by Gasteiger charge is 2.13. The van der Waals surface area contributed by atoms with Crippen molar-refractivity contribution in [1.82, 2.24) is 0 Å². The van der Waals surface area contributed by atoms with E-state index in [9.17, 15) is 4.79 Å². The predicted octanol–water partition coefficient (Wildman–Crippen LogP) is 1.64. The van der Waals surface area contributed by atoms with Gasteiger partial charge in [0, 0.05) is 11.6 Å². The van der Waals surface area contributed by atoms with Crippen LogP contribution in [-0.2, 0) is 9.53 Å². The normalized spacial score (nSPS) is 13.8. The Labute approximate surface area is 93.4 Å². The third kappa shape index (κ3) is 2.16. The second-order valence-corrected chi connectivity index (χ2v) is 3.23. The van der Waals surface area contributed by atoms with Crippen LogP contribution in [0.25, 0.3) is 6.08 Å². The van der Waals surface area contributed by atoms with Crippen LogP contribution in [0.5, 0.6) is 11.5 Å². The molecule has 0 spiro atoms. The van der Waals surface area contributed by atoms with Crippen LogP contribution in [0.15, 0.2) is 24.3 Å². The molecule has 4 heteroatoms. The lowest BCUT2D eigenvalue weighted by atomic mass is 10.1. The Balaban J connectivity index is 2.27. The number of hydrogen-bond donors (Lipinski definition) is 0. The Morgan fingerprint density at radius 3 is 3.00 bits per heavy atom. The molecule has 16 heavy (non-hydrogen) atoms. The number of rotatable bonds is 2. The van der Waals surface area contributed by atoms with Gasteiger partial charge >= 0.3 is 5.97 Å². The van der Waals surface area contributed by atoms with E-state index in [1.54, 1.807) is 6.08 Å². The Morgan fingerprint density at radius 1 is 1.38 bits per heavy atom. The number of fused-ring (bicyclic) bond motifs is 1. The number of methoxy groups -OCH3 is 1. The van der Waals surface area contributed by atoms with E-state index < -0.39 is 5.97 Å². The number of carbonyl (C=O) groups is 1. The minimum atomic E-state index is -0.394. The van der Waals surface area contributed by atoms with Crippen molar-refractivity contribution < 1.29 is 19.0 Å². The van der Waals surface area contributed by atoms with Crippen LogP contribution in [0.4, 0.5) is 0 Å². The van der Waals surface area contributed by atoms with E-state index in [0.29, 0.717) is 24.7 Å². The van der Waals surface area contributed by atoms with Crippen LogP contribution in [0.3, 0.4) is 0 Å². The zero-order valence-electron chi connectivity index (χ0n) is 8.93. The average molecular weight is 220 g/mol. The molecule has 1 aromatic carbocycles. The van der Waals surface area contributed by atoms with Crippen molar-refractivity contribution in [2.45, 2.75) is 0 Å². The second kappa shape index (κ2) is 4.70. The van der Waals surface area contributed by atoms with E-state index in [0.717, 1.165) is 5.56 Å². The lowest BCUT2D eigenvalue weighted by molar-refractivity contribution is -0.134. The van der Waals surface area contributed by atoms with Crippen molar-refractivity contribution in [1.29, 1.82) is 0 Å². The van der Waals surface area contributed by atoms with Gasteiger partial charge in [0.15, 0.2) is 11.5 Å². The SMILES string of the molecule is COC(=O)C=Cc1cccc2c1OCCO2. The summed E-state index contributed by atoms with van der Waals surface area (Å²) in [6.45, 7) is 1.08. The fraction of sp³-hybridized carbons (Fsp3) is 0.250. The van der Waals surface area contributed by atoms with Crippen molar-refractivity contribution in [2.75, 3.05) is 20.3 Å². The first-order valence-corrected chi connectivity index (χ1v) is 4.96. The van der Waals surface area contributed by atoms with E-state index in [2.05, 4.69) is 4.74 Å². The first-order chi connectivity index (χ1) is 7.81. The molecule has 0 aromatic heterocycles. The first kappa shape index (κ1) is 10.5. The molecule has 1 aliphatic rings. The van der Waals surface area contributed by atoms with Gasteiger partial charge in [-0.1, -0.05) is 12.1 Å². The monoisotopic (exact) mass is 220 g/mol. The number of esters is 1. The highest BCUT2D eigenvalue weighted by atomic mass is 16.6. The summed E-state index contributed by atoms with van der Waals surface area (Å²) in [5.41, 5.74) is 0.808. The first-order valence-electron chi connectivity index (χ1n) is 4.96. The maximum atomic E-state index is 11.0. The van der Waals surface area contributed by atoms with Crippen LogP contribution in [0.2, 0.25) is 0 Å². The number of ether oxygens (including phenoxy) is 3. The molecule has 0 fully saturated rings. The quantitative estimate of drug-likeness (QED) is 0.561. The molecule has 4 nitrogen and oxygen atoms in total. The molecular weight excluding hydrogens is 208 g/mol. The number of para-hydroxylation sites is 1. The van der Waals surface area contributed by atoms with Crippen LogP contribution < -0.4 is 9.47 Å². The predicted molar refractivity (Wildman–Crippen MR) is 58.5 cm³/mol. The third-order valence-corrected chi connectivity index (χ3v) is 2.20. The largest absolute Gasteiger partial charge is 0.486 e. The molecule has 0 unspecified atom stereocenters. The van der Waals surface area contributed by atoms with Crippen molar-refractivity contribution in [3.05, 3.63) is 29.8 Å². The van der Waals surface area contributed by atoms with Gasteiger partial charge in [0.25, 0.3) is 0 Å². The average Bonchev–Trinajstić information content (AvgIpc) is 2.35. The Hall–Kier alpha value is -1.97. The molecule has 0 amide bonds. The minimum Gasteiger partial charge on any atom is -0.486 e. The van der Waals surface area contributed by atoms with Gasteiger partial charge < -0.3 is 14.2 Å². The maximum Gasteiger partial charge on any atom is 0.330 e. The summed E-state index contributed by atoms with van der Waals surface area (Å²) in [5.74, 6) is 0.987.